The Morgan fingerprint density at radius 2 is 1.47 bits per heavy atom. The summed E-state index contributed by atoms with van der Waals surface area (Å²) in [6, 6.07) is 0. The highest BCUT2D eigenvalue weighted by atomic mass is 16.5. The second-order valence-electron chi connectivity index (χ2n) is 5.51. The Kier molecular flexibility index (Phi) is 2.55. The lowest BCUT2D eigenvalue weighted by molar-refractivity contribution is -0.132. The number of hydrogen-bond donors (Lipinski definition) is 0. The van der Waals surface area contributed by atoms with Gasteiger partial charge in [0.15, 0.2) is 0 Å². The maximum atomic E-state index is 12.3. The van der Waals surface area contributed by atoms with Crippen molar-refractivity contribution in [2.45, 2.75) is 63.6 Å². The first kappa shape index (κ1) is 9.83. The lowest BCUT2D eigenvalue weighted by Gasteiger charge is -2.28. The Hall–Kier alpha value is -0.370. The quantitative estimate of drug-likeness (QED) is 0.697. The lowest BCUT2D eigenvalue weighted by Crippen LogP contribution is -2.32. The standard InChI is InChI=1S/C13H20O2/c14-13(9-3-1-2-4-9)10-7-11-5-6-12(8-10)15-11/h9-12H,1-8H2. The summed E-state index contributed by atoms with van der Waals surface area (Å²) in [5.41, 5.74) is 0. The van der Waals surface area contributed by atoms with Crippen LogP contribution in [-0.4, -0.2) is 18.0 Å². The summed E-state index contributed by atoms with van der Waals surface area (Å²) in [4.78, 5) is 12.3. The van der Waals surface area contributed by atoms with Gasteiger partial charge in [0.1, 0.15) is 5.78 Å². The van der Waals surface area contributed by atoms with E-state index in [9.17, 15) is 4.79 Å². The average Bonchev–Trinajstić information content (AvgIpc) is 2.87. The Bertz CT molecular complexity index is 243. The molecule has 1 saturated carbocycles. The predicted molar refractivity (Wildman–Crippen MR) is 57.6 cm³/mol. The molecule has 2 nitrogen and oxygen atoms in total. The van der Waals surface area contributed by atoms with E-state index >= 15 is 0 Å². The van der Waals surface area contributed by atoms with Crippen molar-refractivity contribution in [3.8, 4) is 0 Å². The Balaban J connectivity index is 1.64. The second-order valence-corrected chi connectivity index (χ2v) is 5.51. The minimum atomic E-state index is 0.347. The van der Waals surface area contributed by atoms with Gasteiger partial charge in [0.25, 0.3) is 0 Å². The van der Waals surface area contributed by atoms with Crippen LogP contribution in [0.4, 0.5) is 0 Å². The van der Waals surface area contributed by atoms with Crippen LogP contribution in [0.3, 0.4) is 0 Å². The highest BCUT2D eigenvalue weighted by molar-refractivity contribution is 5.83. The molecular formula is C13H20O2. The van der Waals surface area contributed by atoms with Crippen molar-refractivity contribution in [3.63, 3.8) is 0 Å². The van der Waals surface area contributed by atoms with Crippen molar-refractivity contribution in [1.82, 2.24) is 0 Å². The molecule has 2 unspecified atom stereocenters. The monoisotopic (exact) mass is 208 g/mol. The van der Waals surface area contributed by atoms with Gasteiger partial charge in [-0.2, -0.15) is 0 Å². The zero-order chi connectivity index (χ0) is 10.3. The zero-order valence-electron chi connectivity index (χ0n) is 9.28. The predicted octanol–water partition coefficient (Wildman–Crippen LogP) is 2.70. The number of carbonyl (C=O) groups excluding carboxylic acids is 1. The van der Waals surface area contributed by atoms with E-state index in [1.807, 2.05) is 0 Å². The molecule has 3 rings (SSSR count). The maximum Gasteiger partial charge on any atom is 0.139 e. The highest BCUT2D eigenvalue weighted by Gasteiger charge is 2.40. The van der Waals surface area contributed by atoms with Gasteiger partial charge in [0.05, 0.1) is 12.2 Å². The van der Waals surface area contributed by atoms with E-state index in [0.29, 0.717) is 29.8 Å². The SMILES string of the molecule is O=C(C1CCCC1)C1CC2CCC(C1)O2. The molecule has 2 heteroatoms. The Labute approximate surface area is 91.4 Å². The average molecular weight is 208 g/mol. The third-order valence-corrected chi connectivity index (χ3v) is 4.45. The molecule has 15 heavy (non-hydrogen) atoms. The molecule has 2 bridgehead atoms. The molecule has 3 fully saturated rings. The van der Waals surface area contributed by atoms with E-state index in [1.165, 1.54) is 25.7 Å². The molecule has 0 aromatic carbocycles. The lowest BCUT2D eigenvalue weighted by atomic mass is 9.84. The topological polar surface area (TPSA) is 26.3 Å². The number of hydrogen-bond acceptors (Lipinski definition) is 2. The number of carbonyl (C=O) groups is 1. The van der Waals surface area contributed by atoms with E-state index in [-0.39, 0.29) is 0 Å². The molecule has 2 atom stereocenters. The van der Waals surface area contributed by atoms with Gasteiger partial charge in [-0.25, -0.2) is 0 Å². The van der Waals surface area contributed by atoms with Crippen LogP contribution in [0.5, 0.6) is 0 Å². The Morgan fingerprint density at radius 3 is 2.07 bits per heavy atom. The van der Waals surface area contributed by atoms with Crippen LogP contribution in [-0.2, 0) is 9.53 Å². The van der Waals surface area contributed by atoms with Crippen LogP contribution in [0.2, 0.25) is 0 Å². The van der Waals surface area contributed by atoms with Crippen LogP contribution >= 0.6 is 0 Å². The van der Waals surface area contributed by atoms with Crippen molar-refractivity contribution in [2.24, 2.45) is 11.8 Å². The minimum Gasteiger partial charge on any atom is -0.375 e. The fourth-order valence-electron chi connectivity index (χ4n) is 3.63. The van der Waals surface area contributed by atoms with Crippen molar-refractivity contribution in [1.29, 1.82) is 0 Å². The van der Waals surface area contributed by atoms with E-state index in [1.54, 1.807) is 0 Å². The normalized spacial score (nSPS) is 40.9. The summed E-state index contributed by atoms with van der Waals surface area (Å²) in [6.07, 6.45) is 10.1. The van der Waals surface area contributed by atoms with Crippen LogP contribution < -0.4 is 0 Å². The summed E-state index contributed by atoms with van der Waals surface area (Å²) in [5.74, 6) is 1.33. The minimum absolute atomic E-state index is 0.347. The summed E-state index contributed by atoms with van der Waals surface area (Å²) < 4.78 is 5.79. The number of fused-ring (bicyclic) bond motifs is 2. The molecule has 2 aliphatic heterocycles. The van der Waals surface area contributed by atoms with Crippen LogP contribution in [0.25, 0.3) is 0 Å². The van der Waals surface area contributed by atoms with Crippen LogP contribution in [0.1, 0.15) is 51.4 Å². The van der Waals surface area contributed by atoms with Crippen molar-refractivity contribution in [2.75, 3.05) is 0 Å². The van der Waals surface area contributed by atoms with Gasteiger partial charge in [0, 0.05) is 11.8 Å². The fraction of sp³-hybridized carbons (Fsp3) is 0.923. The molecule has 0 radical (unpaired) electrons. The number of Topliss-reactive ketones (excluding diaryl/α,β-unsaturated/α-hetero) is 1. The number of ether oxygens (including phenoxy) is 1. The van der Waals surface area contributed by atoms with Crippen molar-refractivity contribution in [3.05, 3.63) is 0 Å². The number of rotatable bonds is 2. The van der Waals surface area contributed by atoms with E-state index < -0.39 is 0 Å². The van der Waals surface area contributed by atoms with Gasteiger partial charge in [-0.3, -0.25) is 4.79 Å². The second kappa shape index (κ2) is 3.89. The van der Waals surface area contributed by atoms with E-state index in [2.05, 4.69) is 0 Å². The molecule has 84 valence electrons. The highest BCUT2D eigenvalue weighted by Crippen LogP contribution is 2.39. The smallest absolute Gasteiger partial charge is 0.139 e. The van der Waals surface area contributed by atoms with Gasteiger partial charge in [-0.05, 0) is 38.5 Å². The first-order valence-electron chi connectivity index (χ1n) is 6.52. The maximum absolute atomic E-state index is 12.3. The molecule has 1 aliphatic carbocycles. The van der Waals surface area contributed by atoms with E-state index in [0.717, 1.165) is 25.7 Å². The summed E-state index contributed by atoms with van der Waals surface area (Å²) in [7, 11) is 0. The van der Waals surface area contributed by atoms with Gasteiger partial charge < -0.3 is 4.74 Å². The van der Waals surface area contributed by atoms with Gasteiger partial charge in [-0.15, -0.1) is 0 Å². The van der Waals surface area contributed by atoms with Crippen molar-refractivity contribution >= 4 is 5.78 Å². The molecule has 0 amide bonds. The molecule has 0 spiro atoms. The summed E-state index contributed by atoms with van der Waals surface area (Å²) in [6.45, 7) is 0. The third kappa shape index (κ3) is 1.84. The molecular weight excluding hydrogens is 188 g/mol. The zero-order valence-corrected chi connectivity index (χ0v) is 9.28. The Morgan fingerprint density at radius 1 is 0.867 bits per heavy atom. The molecule has 2 saturated heterocycles. The summed E-state index contributed by atoms with van der Waals surface area (Å²) >= 11 is 0. The molecule has 3 aliphatic rings. The fourth-order valence-corrected chi connectivity index (χ4v) is 3.63. The van der Waals surface area contributed by atoms with Crippen LogP contribution in [0, 0.1) is 11.8 Å². The molecule has 0 aromatic heterocycles. The largest absolute Gasteiger partial charge is 0.375 e. The molecule has 0 aromatic rings. The first-order chi connectivity index (χ1) is 7.33. The van der Waals surface area contributed by atoms with E-state index in [4.69, 9.17) is 4.74 Å². The number of ketones is 1. The summed E-state index contributed by atoms with van der Waals surface area (Å²) in [5, 5.41) is 0. The van der Waals surface area contributed by atoms with Gasteiger partial charge >= 0.3 is 0 Å². The molecule has 2 heterocycles. The molecule has 0 N–H and O–H groups in total. The van der Waals surface area contributed by atoms with Gasteiger partial charge in [0.2, 0.25) is 0 Å². The van der Waals surface area contributed by atoms with Crippen molar-refractivity contribution < 1.29 is 9.53 Å². The van der Waals surface area contributed by atoms with Crippen LogP contribution in [0.15, 0.2) is 0 Å². The third-order valence-electron chi connectivity index (χ3n) is 4.45. The van der Waals surface area contributed by atoms with Gasteiger partial charge in [-0.1, -0.05) is 12.8 Å². The first-order valence-corrected chi connectivity index (χ1v) is 6.52.